The lowest BCUT2D eigenvalue weighted by Crippen LogP contribution is -2.24. The van der Waals surface area contributed by atoms with Crippen LogP contribution >= 0.6 is 0 Å². The van der Waals surface area contributed by atoms with Gasteiger partial charge in [-0.15, -0.1) is 10.2 Å². The van der Waals surface area contributed by atoms with Crippen molar-refractivity contribution in [3.63, 3.8) is 0 Å². The van der Waals surface area contributed by atoms with Gasteiger partial charge in [-0.05, 0) is 35.9 Å². The highest BCUT2D eigenvalue weighted by molar-refractivity contribution is 5.92. The van der Waals surface area contributed by atoms with Gasteiger partial charge in [0.05, 0.1) is 7.11 Å². The van der Waals surface area contributed by atoms with Crippen molar-refractivity contribution < 1.29 is 13.9 Å². The summed E-state index contributed by atoms with van der Waals surface area (Å²) < 4.78 is 18.7. The summed E-state index contributed by atoms with van der Waals surface area (Å²) in [6.45, 7) is 0.655. The molecule has 0 fully saturated rings. The van der Waals surface area contributed by atoms with Gasteiger partial charge in [0.15, 0.2) is 5.69 Å². The van der Waals surface area contributed by atoms with Crippen LogP contribution in [0.1, 0.15) is 21.6 Å². The van der Waals surface area contributed by atoms with E-state index in [2.05, 4.69) is 20.8 Å². The summed E-state index contributed by atoms with van der Waals surface area (Å²) >= 11 is 0. The molecule has 2 N–H and O–H groups in total. The number of amides is 1. The Labute approximate surface area is 156 Å². The zero-order chi connectivity index (χ0) is 19.1. The fraction of sp³-hybridized carbons (Fsp3) is 0.150. The molecule has 0 radical (unpaired) electrons. The van der Waals surface area contributed by atoms with Gasteiger partial charge in [-0.25, -0.2) is 4.39 Å². The molecule has 0 aliphatic heterocycles. The molecule has 7 heteroatoms. The molecule has 1 amide bonds. The number of anilines is 1. The first-order valence-corrected chi connectivity index (χ1v) is 8.38. The van der Waals surface area contributed by atoms with Crippen molar-refractivity contribution in [1.82, 2.24) is 15.5 Å². The molecule has 3 rings (SSSR count). The number of methoxy groups -OCH3 is 1. The van der Waals surface area contributed by atoms with Crippen molar-refractivity contribution in [3.8, 4) is 5.75 Å². The maximum absolute atomic E-state index is 13.6. The van der Waals surface area contributed by atoms with Gasteiger partial charge in [0.25, 0.3) is 5.91 Å². The van der Waals surface area contributed by atoms with Crippen LogP contribution in [0.2, 0.25) is 0 Å². The molecular weight excluding hydrogens is 347 g/mol. The number of benzene rings is 2. The molecule has 1 heterocycles. The lowest BCUT2D eigenvalue weighted by molar-refractivity contribution is 0.0945. The Morgan fingerprint density at radius 1 is 1.00 bits per heavy atom. The molecule has 0 bridgehead atoms. The minimum Gasteiger partial charge on any atom is -0.497 e. The first-order valence-electron chi connectivity index (χ1n) is 8.38. The Balaban J connectivity index is 1.52. The normalized spacial score (nSPS) is 10.3. The zero-order valence-electron chi connectivity index (χ0n) is 14.8. The molecule has 0 spiro atoms. The fourth-order valence-electron chi connectivity index (χ4n) is 2.39. The number of ether oxygens (including phenoxy) is 1. The summed E-state index contributed by atoms with van der Waals surface area (Å²) in [7, 11) is 1.60. The quantitative estimate of drug-likeness (QED) is 0.672. The average Bonchev–Trinajstić information content (AvgIpc) is 2.72. The topological polar surface area (TPSA) is 76.1 Å². The molecule has 0 saturated heterocycles. The predicted molar refractivity (Wildman–Crippen MR) is 99.9 cm³/mol. The second kappa shape index (κ2) is 8.75. The fourth-order valence-corrected chi connectivity index (χ4v) is 2.39. The van der Waals surface area contributed by atoms with Crippen LogP contribution in [0.5, 0.6) is 5.75 Å². The lowest BCUT2D eigenvalue weighted by atomic mass is 10.2. The summed E-state index contributed by atoms with van der Waals surface area (Å²) in [6, 6.07) is 17.1. The first-order chi connectivity index (χ1) is 13.2. The van der Waals surface area contributed by atoms with E-state index in [0.29, 0.717) is 17.9 Å². The second-order valence-corrected chi connectivity index (χ2v) is 5.78. The zero-order valence-corrected chi connectivity index (χ0v) is 14.8. The van der Waals surface area contributed by atoms with Crippen molar-refractivity contribution in [1.29, 1.82) is 0 Å². The minimum atomic E-state index is -0.320. The molecule has 0 aliphatic rings. The van der Waals surface area contributed by atoms with Crippen molar-refractivity contribution in [3.05, 3.63) is 83.3 Å². The third-order valence-electron chi connectivity index (χ3n) is 3.93. The van der Waals surface area contributed by atoms with E-state index in [4.69, 9.17) is 4.74 Å². The maximum atomic E-state index is 13.6. The van der Waals surface area contributed by atoms with Gasteiger partial charge in [0, 0.05) is 18.7 Å². The lowest BCUT2D eigenvalue weighted by Gasteiger charge is -2.08. The summed E-state index contributed by atoms with van der Waals surface area (Å²) in [6.07, 6.45) is 0. The van der Waals surface area contributed by atoms with E-state index in [1.54, 1.807) is 37.4 Å². The highest BCUT2D eigenvalue weighted by Crippen LogP contribution is 2.12. The van der Waals surface area contributed by atoms with Crippen LogP contribution in [-0.2, 0) is 13.1 Å². The van der Waals surface area contributed by atoms with E-state index in [-0.39, 0.29) is 24.0 Å². The van der Waals surface area contributed by atoms with E-state index in [0.717, 1.165) is 11.3 Å². The molecule has 2 aromatic carbocycles. The van der Waals surface area contributed by atoms with Crippen LogP contribution in [0.4, 0.5) is 10.2 Å². The van der Waals surface area contributed by atoms with Crippen LogP contribution in [0.25, 0.3) is 0 Å². The van der Waals surface area contributed by atoms with Crippen molar-refractivity contribution >= 4 is 11.7 Å². The number of carbonyl (C=O) groups excluding carboxylic acids is 1. The number of carbonyl (C=O) groups is 1. The average molecular weight is 366 g/mol. The number of nitrogens with zero attached hydrogens (tertiary/aromatic N) is 2. The van der Waals surface area contributed by atoms with Crippen molar-refractivity contribution in [2.75, 3.05) is 12.4 Å². The van der Waals surface area contributed by atoms with E-state index >= 15 is 0 Å². The smallest absolute Gasteiger partial charge is 0.272 e. The molecular formula is C20H19FN4O2. The molecule has 0 atom stereocenters. The highest BCUT2D eigenvalue weighted by Gasteiger charge is 2.08. The van der Waals surface area contributed by atoms with Gasteiger partial charge in [-0.3, -0.25) is 4.79 Å². The standard InChI is InChI=1S/C20H19FN4O2/c1-27-16-8-6-14(7-9-16)12-23-20(26)18-10-11-19(25-24-18)22-13-15-4-2-3-5-17(15)21/h2-11H,12-13H2,1H3,(H,22,25)(H,23,26). The summed E-state index contributed by atoms with van der Waals surface area (Å²) in [5, 5.41) is 13.6. The molecule has 3 aromatic rings. The Morgan fingerprint density at radius 2 is 1.78 bits per heavy atom. The highest BCUT2D eigenvalue weighted by atomic mass is 19.1. The number of hydrogen-bond acceptors (Lipinski definition) is 5. The monoisotopic (exact) mass is 366 g/mol. The number of hydrogen-bond donors (Lipinski definition) is 2. The largest absolute Gasteiger partial charge is 0.497 e. The van der Waals surface area contributed by atoms with Gasteiger partial charge >= 0.3 is 0 Å². The van der Waals surface area contributed by atoms with Gasteiger partial charge in [-0.1, -0.05) is 30.3 Å². The number of nitrogens with one attached hydrogen (secondary N) is 2. The number of rotatable bonds is 7. The van der Waals surface area contributed by atoms with Gasteiger partial charge < -0.3 is 15.4 Å². The molecule has 138 valence electrons. The van der Waals surface area contributed by atoms with Crippen LogP contribution in [-0.4, -0.2) is 23.2 Å². The van der Waals surface area contributed by atoms with Crippen LogP contribution < -0.4 is 15.4 Å². The summed E-state index contributed by atoms with van der Waals surface area (Å²) in [5.41, 5.74) is 1.68. The van der Waals surface area contributed by atoms with Crippen molar-refractivity contribution in [2.45, 2.75) is 13.1 Å². The SMILES string of the molecule is COc1ccc(CNC(=O)c2ccc(NCc3ccccc3F)nn2)cc1. The van der Waals surface area contributed by atoms with E-state index < -0.39 is 0 Å². The van der Waals surface area contributed by atoms with E-state index in [1.807, 2.05) is 24.3 Å². The van der Waals surface area contributed by atoms with Crippen molar-refractivity contribution in [2.24, 2.45) is 0 Å². The Hall–Kier alpha value is -3.48. The van der Waals surface area contributed by atoms with Crippen LogP contribution in [0.15, 0.2) is 60.7 Å². The molecule has 0 unspecified atom stereocenters. The van der Waals surface area contributed by atoms with Crippen LogP contribution in [0.3, 0.4) is 0 Å². The predicted octanol–water partition coefficient (Wildman–Crippen LogP) is 3.17. The molecule has 0 aliphatic carbocycles. The Morgan fingerprint density at radius 3 is 2.44 bits per heavy atom. The summed E-state index contributed by atoms with van der Waals surface area (Å²) in [4.78, 5) is 12.2. The minimum absolute atomic E-state index is 0.208. The molecule has 1 aromatic heterocycles. The van der Waals surface area contributed by atoms with E-state index in [1.165, 1.54) is 6.07 Å². The summed E-state index contributed by atoms with van der Waals surface area (Å²) in [5.74, 6) is 0.617. The van der Waals surface area contributed by atoms with Gasteiger partial charge in [0.1, 0.15) is 17.4 Å². The van der Waals surface area contributed by atoms with Gasteiger partial charge in [0.2, 0.25) is 0 Å². The number of halogens is 1. The Bertz CT molecular complexity index is 899. The molecule has 0 saturated carbocycles. The Kier molecular flexibility index (Phi) is 5.94. The molecule has 6 nitrogen and oxygen atoms in total. The van der Waals surface area contributed by atoms with E-state index in [9.17, 15) is 9.18 Å². The van der Waals surface area contributed by atoms with Gasteiger partial charge in [-0.2, -0.15) is 0 Å². The third-order valence-corrected chi connectivity index (χ3v) is 3.93. The third kappa shape index (κ3) is 5.01. The second-order valence-electron chi connectivity index (χ2n) is 5.78. The number of aromatic nitrogens is 2. The molecule has 27 heavy (non-hydrogen) atoms. The first kappa shape index (κ1) is 18.3. The van der Waals surface area contributed by atoms with Crippen LogP contribution in [0, 0.1) is 5.82 Å². The maximum Gasteiger partial charge on any atom is 0.272 e.